The van der Waals surface area contributed by atoms with Gasteiger partial charge in [-0.05, 0) is 49.9 Å². The van der Waals surface area contributed by atoms with Crippen LogP contribution in [0, 0.1) is 12.8 Å². The van der Waals surface area contributed by atoms with Gasteiger partial charge in [0.1, 0.15) is 17.3 Å². The highest BCUT2D eigenvalue weighted by Crippen LogP contribution is 2.26. The molecule has 158 valence electrons. The van der Waals surface area contributed by atoms with Crippen LogP contribution in [0.3, 0.4) is 0 Å². The van der Waals surface area contributed by atoms with Gasteiger partial charge in [-0.15, -0.1) is 0 Å². The maximum Gasteiger partial charge on any atom is 0.235 e. The van der Waals surface area contributed by atoms with E-state index in [1.54, 1.807) is 38.3 Å². The van der Waals surface area contributed by atoms with Crippen molar-refractivity contribution in [1.82, 2.24) is 10.3 Å². The highest BCUT2D eigenvalue weighted by molar-refractivity contribution is 7.91. The van der Waals surface area contributed by atoms with Crippen molar-refractivity contribution in [2.75, 3.05) is 12.9 Å². The molecular weight excluding hydrogens is 392 g/mol. The minimum Gasteiger partial charge on any atom is -0.497 e. The molecule has 1 fully saturated rings. The molecule has 1 saturated carbocycles. The standard InChI is InChI=1S/C21H28N2O5S/c1-14-6-4-5-7-18(14)22-20(24)13-29(25,26)12-19-15(2)28-21(23-19)16-8-10-17(27-3)11-9-16/h8-11,14,18H,4-7,12-13H2,1-3H3,(H,22,24)/t14-,18+/m1/s1. The summed E-state index contributed by atoms with van der Waals surface area (Å²) in [6, 6.07) is 7.20. The molecule has 1 heterocycles. The lowest BCUT2D eigenvalue weighted by Crippen LogP contribution is -2.43. The molecule has 1 aliphatic rings. The van der Waals surface area contributed by atoms with Gasteiger partial charge in [0.25, 0.3) is 0 Å². The molecule has 0 spiro atoms. The molecule has 0 saturated heterocycles. The Kier molecular flexibility index (Phi) is 6.62. The topological polar surface area (TPSA) is 98.5 Å². The second kappa shape index (κ2) is 8.98. The predicted molar refractivity (Wildman–Crippen MR) is 110 cm³/mol. The lowest BCUT2D eigenvalue weighted by atomic mass is 9.86. The second-order valence-electron chi connectivity index (χ2n) is 7.72. The summed E-state index contributed by atoms with van der Waals surface area (Å²) in [5.41, 5.74) is 1.05. The summed E-state index contributed by atoms with van der Waals surface area (Å²) in [5.74, 6) is 0.544. The zero-order chi connectivity index (χ0) is 21.0. The molecule has 0 aliphatic heterocycles. The fourth-order valence-corrected chi connectivity index (χ4v) is 4.93. The summed E-state index contributed by atoms with van der Waals surface area (Å²) >= 11 is 0. The number of aryl methyl sites for hydroxylation is 1. The number of aromatic nitrogens is 1. The van der Waals surface area contributed by atoms with Crippen LogP contribution in [0.1, 0.15) is 44.1 Å². The molecule has 1 amide bonds. The number of hydrogen-bond acceptors (Lipinski definition) is 6. The number of ether oxygens (including phenoxy) is 1. The molecular formula is C21H28N2O5S. The van der Waals surface area contributed by atoms with Crippen molar-refractivity contribution in [3.63, 3.8) is 0 Å². The van der Waals surface area contributed by atoms with Crippen LogP contribution in [0.4, 0.5) is 0 Å². The Labute approximate surface area is 171 Å². The highest BCUT2D eigenvalue weighted by atomic mass is 32.2. The van der Waals surface area contributed by atoms with Crippen molar-refractivity contribution < 1.29 is 22.4 Å². The minimum absolute atomic E-state index is 0.0573. The molecule has 0 bridgehead atoms. The summed E-state index contributed by atoms with van der Waals surface area (Å²) in [4.78, 5) is 16.6. The van der Waals surface area contributed by atoms with Crippen LogP contribution >= 0.6 is 0 Å². The van der Waals surface area contributed by atoms with Gasteiger partial charge in [0, 0.05) is 11.6 Å². The Hall–Kier alpha value is -2.35. The molecule has 8 heteroatoms. The number of sulfone groups is 1. The third kappa shape index (κ3) is 5.59. The molecule has 1 aliphatic carbocycles. The quantitative estimate of drug-likeness (QED) is 0.738. The van der Waals surface area contributed by atoms with E-state index in [2.05, 4.69) is 17.2 Å². The molecule has 1 aromatic heterocycles. The number of hydrogen-bond donors (Lipinski definition) is 1. The second-order valence-corrected chi connectivity index (χ2v) is 9.78. The van der Waals surface area contributed by atoms with Gasteiger partial charge in [0.05, 0.1) is 18.6 Å². The van der Waals surface area contributed by atoms with E-state index >= 15 is 0 Å². The highest BCUT2D eigenvalue weighted by Gasteiger charge is 2.26. The number of benzene rings is 1. The van der Waals surface area contributed by atoms with E-state index in [0.29, 0.717) is 29.0 Å². The van der Waals surface area contributed by atoms with E-state index < -0.39 is 21.5 Å². The molecule has 0 unspecified atom stereocenters. The number of amides is 1. The van der Waals surface area contributed by atoms with E-state index in [1.807, 2.05) is 0 Å². The first-order valence-corrected chi connectivity index (χ1v) is 11.7. The monoisotopic (exact) mass is 420 g/mol. The molecule has 29 heavy (non-hydrogen) atoms. The lowest BCUT2D eigenvalue weighted by molar-refractivity contribution is -0.119. The van der Waals surface area contributed by atoms with E-state index in [0.717, 1.165) is 31.2 Å². The Balaban J connectivity index is 1.65. The Morgan fingerprint density at radius 3 is 2.59 bits per heavy atom. The normalized spacial score (nSPS) is 19.7. The number of oxazole rings is 1. The molecule has 2 atom stereocenters. The van der Waals surface area contributed by atoms with E-state index in [4.69, 9.17) is 9.15 Å². The molecule has 1 N–H and O–H groups in total. The number of carbonyl (C=O) groups excluding carboxylic acids is 1. The fourth-order valence-electron chi connectivity index (χ4n) is 3.66. The molecule has 3 rings (SSSR count). The Morgan fingerprint density at radius 2 is 1.93 bits per heavy atom. The maximum atomic E-state index is 12.6. The van der Waals surface area contributed by atoms with Crippen molar-refractivity contribution in [1.29, 1.82) is 0 Å². The third-order valence-corrected chi connectivity index (χ3v) is 6.81. The summed E-state index contributed by atoms with van der Waals surface area (Å²) in [5, 5.41) is 2.89. The first-order valence-electron chi connectivity index (χ1n) is 9.88. The van der Waals surface area contributed by atoms with Gasteiger partial charge in [0.2, 0.25) is 11.8 Å². The summed E-state index contributed by atoms with van der Waals surface area (Å²) in [6.45, 7) is 3.77. The molecule has 0 radical (unpaired) electrons. The smallest absolute Gasteiger partial charge is 0.235 e. The average molecular weight is 421 g/mol. The summed E-state index contributed by atoms with van der Waals surface area (Å²) < 4.78 is 35.9. The minimum atomic E-state index is -3.66. The first-order chi connectivity index (χ1) is 13.8. The SMILES string of the molecule is COc1ccc(-c2nc(CS(=O)(=O)CC(=O)N[C@H]3CCCC[C@H]3C)c(C)o2)cc1. The van der Waals surface area contributed by atoms with Crippen molar-refractivity contribution in [3.05, 3.63) is 35.7 Å². The van der Waals surface area contributed by atoms with Crippen molar-refractivity contribution in [2.24, 2.45) is 5.92 Å². The summed E-state index contributed by atoms with van der Waals surface area (Å²) in [6.07, 6.45) is 4.19. The number of methoxy groups -OCH3 is 1. The number of carbonyl (C=O) groups is 1. The van der Waals surface area contributed by atoms with Crippen molar-refractivity contribution >= 4 is 15.7 Å². The predicted octanol–water partition coefficient (Wildman–Crippen LogP) is 3.27. The van der Waals surface area contributed by atoms with E-state index in [1.165, 1.54) is 0 Å². The zero-order valence-corrected chi connectivity index (χ0v) is 17.9. The Morgan fingerprint density at radius 1 is 1.24 bits per heavy atom. The van der Waals surface area contributed by atoms with Crippen LogP contribution < -0.4 is 10.1 Å². The van der Waals surface area contributed by atoms with Crippen LogP contribution in [0.25, 0.3) is 11.5 Å². The number of nitrogens with one attached hydrogen (secondary N) is 1. The van der Waals surface area contributed by atoms with Crippen LogP contribution in [0.5, 0.6) is 5.75 Å². The molecule has 7 nitrogen and oxygen atoms in total. The molecule has 2 aromatic rings. The van der Waals surface area contributed by atoms with Gasteiger partial charge in [-0.25, -0.2) is 13.4 Å². The average Bonchev–Trinajstić information content (AvgIpc) is 3.03. The summed E-state index contributed by atoms with van der Waals surface area (Å²) in [7, 11) is -2.08. The number of rotatable bonds is 7. The largest absolute Gasteiger partial charge is 0.497 e. The Bertz CT molecular complexity index is 950. The van der Waals surface area contributed by atoms with Gasteiger partial charge < -0.3 is 14.5 Å². The number of nitrogens with zero attached hydrogens (tertiary/aromatic N) is 1. The van der Waals surface area contributed by atoms with Crippen molar-refractivity contribution in [2.45, 2.75) is 51.3 Å². The first kappa shape index (κ1) is 21.4. The third-order valence-electron chi connectivity index (χ3n) is 5.40. The molecule has 1 aromatic carbocycles. The van der Waals surface area contributed by atoms with Crippen molar-refractivity contribution in [3.8, 4) is 17.2 Å². The van der Waals surface area contributed by atoms with Crippen LogP contribution in [0.15, 0.2) is 28.7 Å². The van der Waals surface area contributed by atoms with Gasteiger partial charge in [-0.3, -0.25) is 4.79 Å². The van der Waals surface area contributed by atoms with Crippen LogP contribution in [-0.2, 0) is 20.4 Å². The van der Waals surface area contributed by atoms with Gasteiger partial charge >= 0.3 is 0 Å². The maximum absolute atomic E-state index is 12.6. The van der Waals surface area contributed by atoms with E-state index in [9.17, 15) is 13.2 Å². The zero-order valence-electron chi connectivity index (χ0n) is 17.1. The fraction of sp³-hybridized carbons (Fsp3) is 0.524. The van der Waals surface area contributed by atoms with Gasteiger partial charge in [-0.1, -0.05) is 19.8 Å². The van der Waals surface area contributed by atoms with Crippen LogP contribution in [0.2, 0.25) is 0 Å². The van der Waals surface area contributed by atoms with Gasteiger partial charge in [0.15, 0.2) is 9.84 Å². The van der Waals surface area contributed by atoms with Gasteiger partial charge in [-0.2, -0.15) is 0 Å². The van der Waals surface area contributed by atoms with Crippen LogP contribution in [-0.4, -0.2) is 38.2 Å². The van der Waals surface area contributed by atoms with E-state index in [-0.39, 0.29) is 11.8 Å². The lowest BCUT2D eigenvalue weighted by Gasteiger charge is -2.29.